The normalized spacial score (nSPS) is 10.5. The van der Waals surface area contributed by atoms with E-state index in [0.717, 1.165) is 23.8 Å². The number of hydrogen-bond acceptors (Lipinski definition) is 2. The number of hydrogen-bond donors (Lipinski definition) is 2. The SMILES string of the molecule is CCC(CC)CNc1ccc(N)cc1. The van der Waals surface area contributed by atoms with E-state index in [0.29, 0.717) is 0 Å². The van der Waals surface area contributed by atoms with Crippen LogP contribution in [0.25, 0.3) is 0 Å². The summed E-state index contributed by atoms with van der Waals surface area (Å²) in [6.45, 7) is 5.52. The minimum Gasteiger partial charge on any atom is -0.399 e. The third-order valence-corrected chi connectivity index (χ3v) is 2.66. The summed E-state index contributed by atoms with van der Waals surface area (Å²) in [5.41, 5.74) is 7.58. The Morgan fingerprint density at radius 2 is 1.71 bits per heavy atom. The van der Waals surface area contributed by atoms with Crippen molar-refractivity contribution in [3.63, 3.8) is 0 Å². The monoisotopic (exact) mass is 192 g/mol. The molecule has 2 nitrogen and oxygen atoms in total. The highest BCUT2D eigenvalue weighted by molar-refractivity contribution is 5.51. The fourth-order valence-electron chi connectivity index (χ4n) is 1.44. The second-order valence-corrected chi connectivity index (χ2v) is 3.69. The zero-order valence-corrected chi connectivity index (χ0v) is 9.09. The van der Waals surface area contributed by atoms with Crippen molar-refractivity contribution in [3.8, 4) is 0 Å². The van der Waals surface area contributed by atoms with Gasteiger partial charge in [-0.05, 0) is 30.2 Å². The second kappa shape index (κ2) is 5.53. The molecule has 0 atom stereocenters. The van der Waals surface area contributed by atoms with E-state index >= 15 is 0 Å². The van der Waals surface area contributed by atoms with Crippen LogP contribution in [-0.4, -0.2) is 6.54 Å². The quantitative estimate of drug-likeness (QED) is 0.703. The molecule has 0 fully saturated rings. The minimum atomic E-state index is 0.771. The van der Waals surface area contributed by atoms with Crippen LogP contribution in [0.1, 0.15) is 26.7 Å². The fraction of sp³-hybridized carbons (Fsp3) is 0.500. The first-order valence-electron chi connectivity index (χ1n) is 5.35. The van der Waals surface area contributed by atoms with Gasteiger partial charge in [-0.25, -0.2) is 0 Å². The van der Waals surface area contributed by atoms with Gasteiger partial charge in [0.15, 0.2) is 0 Å². The molecule has 0 spiro atoms. The Hall–Kier alpha value is -1.18. The molecule has 14 heavy (non-hydrogen) atoms. The third-order valence-electron chi connectivity index (χ3n) is 2.66. The summed E-state index contributed by atoms with van der Waals surface area (Å²) in [7, 11) is 0. The molecule has 2 heteroatoms. The molecular formula is C12H20N2. The van der Waals surface area contributed by atoms with Gasteiger partial charge in [-0.3, -0.25) is 0 Å². The Labute approximate surface area is 86.5 Å². The van der Waals surface area contributed by atoms with Gasteiger partial charge >= 0.3 is 0 Å². The fourth-order valence-corrected chi connectivity index (χ4v) is 1.44. The summed E-state index contributed by atoms with van der Waals surface area (Å²) < 4.78 is 0. The Balaban J connectivity index is 2.41. The molecule has 0 saturated carbocycles. The van der Waals surface area contributed by atoms with E-state index in [-0.39, 0.29) is 0 Å². The van der Waals surface area contributed by atoms with Gasteiger partial charge in [-0.1, -0.05) is 26.7 Å². The van der Waals surface area contributed by atoms with Crippen LogP contribution in [0.5, 0.6) is 0 Å². The number of nitrogens with two attached hydrogens (primary N) is 1. The maximum atomic E-state index is 5.61. The standard InChI is InChI=1S/C12H20N2/c1-3-10(4-2)9-14-12-7-5-11(13)6-8-12/h5-8,10,14H,3-4,9,13H2,1-2H3. The first-order valence-corrected chi connectivity index (χ1v) is 5.35. The van der Waals surface area contributed by atoms with Gasteiger partial charge in [0.1, 0.15) is 0 Å². The predicted molar refractivity (Wildman–Crippen MR) is 63.4 cm³/mol. The Bertz CT molecular complexity index is 250. The Kier molecular flexibility index (Phi) is 4.30. The van der Waals surface area contributed by atoms with Crippen LogP contribution in [0.4, 0.5) is 11.4 Å². The summed E-state index contributed by atoms with van der Waals surface area (Å²) in [6.07, 6.45) is 2.47. The van der Waals surface area contributed by atoms with Crippen LogP contribution in [0, 0.1) is 5.92 Å². The lowest BCUT2D eigenvalue weighted by atomic mass is 10.0. The smallest absolute Gasteiger partial charge is 0.0341 e. The highest BCUT2D eigenvalue weighted by Crippen LogP contribution is 2.13. The first kappa shape index (κ1) is 10.9. The first-order chi connectivity index (χ1) is 6.76. The number of anilines is 2. The lowest BCUT2D eigenvalue weighted by Crippen LogP contribution is -2.12. The van der Waals surface area contributed by atoms with Crippen LogP contribution < -0.4 is 11.1 Å². The molecule has 0 aliphatic carbocycles. The van der Waals surface area contributed by atoms with Crippen molar-refractivity contribution in [2.24, 2.45) is 5.92 Å². The summed E-state index contributed by atoms with van der Waals surface area (Å²) in [4.78, 5) is 0. The molecule has 0 radical (unpaired) electrons. The molecule has 1 aromatic rings. The van der Waals surface area contributed by atoms with Gasteiger partial charge in [-0.15, -0.1) is 0 Å². The molecule has 0 amide bonds. The van der Waals surface area contributed by atoms with Crippen LogP contribution in [-0.2, 0) is 0 Å². The molecule has 0 aliphatic heterocycles. The Morgan fingerprint density at radius 1 is 1.14 bits per heavy atom. The lowest BCUT2D eigenvalue weighted by molar-refractivity contribution is 0.519. The van der Waals surface area contributed by atoms with Crippen LogP contribution in [0.3, 0.4) is 0 Å². The molecule has 0 bridgehead atoms. The molecule has 3 N–H and O–H groups in total. The average Bonchev–Trinajstić information content (AvgIpc) is 2.22. The van der Waals surface area contributed by atoms with Crippen molar-refractivity contribution < 1.29 is 0 Å². The van der Waals surface area contributed by atoms with Crippen molar-refractivity contribution in [2.75, 3.05) is 17.6 Å². The van der Waals surface area contributed by atoms with Gasteiger partial charge in [0.2, 0.25) is 0 Å². The van der Waals surface area contributed by atoms with Crippen molar-refractivity contribution in [2.45, 2.75) is 26.7 Å². The van der Waals surface area contributed by atoms with E-state index in [2.05, 4.69) is 19.2 Å². The van der Waals surface area contributed by atoms with E-state index in [1.165, 1.54) is 12.8 Å². The van der Waals surface area contributed by atoms with E-state index in [1.54, 1.807) is 0 Å². The zero-order valence-electron chi connectivity index (χ0n) is 9.09. The van der Waals surface area contributed by atoms with Gasteiger partial charge in [-0.2, -0.15) is 0 Å². The number of rotatable bonds is 5. The summed E-state index contributed by atoms with van der Waals surface area (Å²) in [5.74, 6) is 0.771. The molecule has 1 rings (SSSR count). The van der Waals surface area contributed by atoms with Crippen LogP contribution in [0.2, 0.25) is 0 Å². The highest BCUT2D eigenvalue weighted by atomic mass is 14.9. The molecule has 0 saturated heterocycles. The second-order valence-electron chi connectivity index (χ2n) is 3.69. The topological polar surface area (TPSA) is 38.0 Å². The largest absolute Gasteiger partial charge is 0.399 e. The summed E-state index contributed by atoms with van der Waals surface area (Å²) in [6, 6.07) is 7.90. The van der Waals surface area contributed by atoms with Crippen LogP contribution in [0.15, 0.2) is 24.3 Å². The molecular weight excluding hydrogens is 172 g/mol. The van der Waals surface area contributed by atoms with Crippen molar-refractivity contribution in [1.29, 1.82) is 0 Å². The molecule has 0 aromatic heterocycles. The van der Waals surface area contributed by atoms with Crippen molar-refractivity contribution in [1.82, 2.24) is 0 Å². The molecule has 78 valence electrons. The predicted octanol–water partition coefficient (Wildman–Crippen LogP) is 3.12. The van der Waals surface area contributed by atoms with Crippen molar-refractivity contribution in [3.05, 3.63) is 24.3 Å². The number of nitrogen functional groups attached to an aromatic ring is 1. The van der Waals surface area contributed by atoms with Crippen molar-refractivity contribution >= 4 is 11.4 Å². The molecule has 0 aliphatic rings. The summed E-state index contributed by atoms with van der Waals surface area (Å²) >= 11 is 0. The molecule has 0 heterocycles. The Morgan fingerprint density at radius 3 is 2.21 bits per heavy atom. The maximum absolute atomic E-state index is 5.61. The molecule has 0 unspecified atom stereocenters. The molecule has 1 aromatic carbocycles. The minimum absolute atomic E-state index is 0.771. The van der Waals surface area contributed by atoms with Gasteiger partial charge in [0.05, 0.1) is 0 Å². The van der Waals surface area contributed by atoms with Crippen LogP contribution >= 0.6 is 0 Å². The van der Waals surface area contributed by atoms with E-state index in [9.17, 15) is 0 Å². The van der Waals surface area contributed by atoms with Gasteiger partial charge in [0.25, 0.3) is 0 Å². The summed E-state index contributed by atoms with van der Waals surface area (Å²) in [5, 5.41) is 3.42. The highest BCUT2D eigenvalue weighted by Gasteiger charge is 2.02. The third kappa shape index (κ3) is 3.29. The zero-order chi connectivity index (χ0) is 10.4. The lowest BCUT2D eigenvalue weighted by Gasteiger charge is -2.14. The van der Waals surface area contributed by atoms with E-state index in [1.807, 2.05) is 24.3 Å². The van der Waals surface area contributed by atoms with Gasteiger partial charge < -0.3 is 11.1 Å². The maximum Gasteiger partial charge on any atom is 0.0341 e. The number of benzene rings is 1. The van der Waals surface area contributed by atoms with Gasteiger partial charge in [0, 0.05) is 17.9 Å². The van der Waals surface area contributed by atoms with E-state index in [4.69, 9.17) is 5.73 Å². The average molecular weight is 192 g/mol. The number of nitrogens with one attached hydrogen (secondary N) is 1. The van der Waals surface area contributed by atoms with E-state index < -0.39 is 0 Å².